The second-order valence-electron chi connectivity index (χ2n) is 3.95. The van der Waals surface area contributed by atoms with Crippen molar-refractivity contribution in [2.45, 2.75) is 19.0 Å². The van der Waals surface area contributed by atoms with Crippen molar-refractivity contribution < 1.29 is 4.79 Å². The maximum absolute atomic E-state index is 11.6. The van der Waals surface area contributed by atoms with E-state index >= 15 is 0 Å². The molecule has 1 saturated heterocycles. The lowest BCUT2D eigenvalue weighted by molar-refractivity contribution is -0.128. The van der Waals surface area contributed by atoms with Gasteiger partial charge in [-0.3, -0.25) is 9.78 Å². The van der Waals surface area contributed by atoms with Crippen molar-refractivity contribution in [3.05, 3.63) is 29.0 Å². The van der Waals surface area contributed by atoms with E-state index in [9.17, 15) is 4.79 Å². The number of amides is 1. The molecule has 1 atom stereocenters. The maximum atomic E-state index is 11.6. The zero-order chi connectivity index (χ0) is 11.5. The van der Waals surface area contributed by atoms with E-state index in [1.165, 1.54) is 0 Å². The molecule has 1 aromatic rings. The van der Waals surface area contributed by atoms with Gasteiger partial charge in [0.05, 0.1) is 11.1 Å². The van der Waals surface area contributed by atoms with Crippen LogP contribution in [0.15, 0.2) is 18.5 Å². The van der Waals surface area contributed by atoms with Gasteiger partial charge in [0, 0.05) is 32.5 Å². The fourth-order valence-electron chi connectivity index (χ4n) is 1.79. The molecule has 1 aliphatic heterocycles. The second kappa shape index (κ2) is 4.80. The van der Waals surface area contributed by atoms with E-state index in [4.69, 9.17) is 11.6 Å². The first-order valence-electron chi connectivity index (χ1n) is 5.25. The predicted octanol–water partition coefficient (Wildman–Crippen LogP) is 1.06. The molecular weight excluding hydrogens is 226 g/mol. The summed E-state index contributed by atoms with van der Waals surface area (Å²) in [6.07, 6.45) is 4.17. The van der Waals surface area contributed by atoms with Gasteiger partial charge in [-0.25, -0.2) is 0 Å². The number of likely N-dealkylation sites (N-methyl/N-ethyl adjacent to an activating group) is 1. The number of carbonyl (C=O) groups is 1. The summed E-state index contributed by atoms with van der Waals surface area (Å²) in [4.78, 5) is 17.3. The van der Waals surface area contributed by atoms with Crippen molar-refractivity contribution in [3.63, 3.8) is 0 Å². The summed E-state index contributed by atoms with van der Waals surface area (Å²) in [7, 11) is 1.82. The van der Waals surface area contributed by atoms with Crippen LogP contribution in [-0.4, -0.2) is 35.4 Å². The first-order chi connectivity index (χ1) is 7.68. The molecule has 1 unspecified atom stereocenters. The Hall–Kier alpha value is -1.13. The highest BCUT2D eigenvalue weighted by molar-refractivity contribution is 6.31. The van der Waals surface area contributed by atoms with E-state index in [2.05, 4.69) is 10.3 Å². The van der Waals surface area contributed by atoms with Crippen LogP contribution in [0.3, 0.4) is 0 Å². The van der Waals surface area contributed by atoms with E-state index in [-0.39, 0.29) is 11.9 Å². The Bertz CT molecular complexity index is 397. The molecule has 1 fully saturated rings. The number of hydrogen-bond donors (Lipinski definition) is 1. The number of nitrogens with zero attached hydrogens (tertiary/aromatic N) is 2. The molecule has 5 heteroatoms. The second-order valence-corrected chi connectivity index (χ2v) is 4.36. The van der Waals surface area contributed by atoms with Crippen molar-refractivity contribution in [2.75, 3.05) is 13.6 Å². The van der Waals surface area contributed by atoms with Crippen LogP contribution < -0.4 is 5.32 Å². The molecule has 0 spiro atoms. The first kappa shape index (κ1) is 11.4. The van der Waals surface area contributed by atoms with Crippen LogP contribution >= 0.6 is 11.6 Å². The van der Waals surface area contributed by atoms with Crippen LogP contribution in [0, 0.1) is 0 Å². The minimum Gasteiger partial charge on any atom is -0.344 e. The Balaban J connectivity index is 1.93. The fraction of sp³-hybridized carbons (Fsp3) is 0.455. The van der Waals surface area contributed by atoms with Crippen molar-refractivity contribution in [1.82, 2.24) is 15.2 Å². The van der Waals surface area contributed by atoms with Crippen LogP contribution in [-0.2, 0) is 11.3 Å². The molecule has 1 aromatic heterocycles. The monoisotopic (exact) mass is 239 g/mol. The van der Waals surface area contributed by atoms with Crippen molar-refractivity contribution in [1.29, 1.82) is 0 Å². The summed E-state index contributed by atoms with van der Waals surface area (Å²) in [5.41, 5.74) is 0.971. The van der Waals surface area contributed by atoms with E-state index < -0.39 is 0 Å². The highest BCUT2D eigenvalue weighted by Crippen LogP contribution is 2.14. The van der Waals surface area contributed by atoms with Crippen LogP contribution in [0.4, 0.5) is 0 Å². The van der Waals surface area contributed by atoms with Crippen LogP contribution in [0.5, 0.6) is 0 Å². The Morgan fingerprint density at radius 2 is 2.50 bits per heavy atom. The Kier molecular flexibility index (Phi) is 3.41. The molecule has 1 N–H and O–H groups in total. The van der Waals surface area contributed by atoms with Gasteiger partial charge in [0.15, 0.2) is 0 Å². The van der Waals surface area contributed by atoms with E-state index in [1.807, 2.05) is 13.1 Å². The minimum absolute atomic E-state index is 0.0748. The molecule has 1 amide bonds. The predicted molar refractivity (Wildman–Crippen MR) is 62.1 cm³/mol. The molecule has 0 aromatic carbocycles. The smallest absolute Gasteiger partial charge is 0.239 e. The number of halogens is 1. The normalized spacial score (nSPS) is 20.5. The minimum atomic E-state index is -0.0748. The van der Waals surface area contributed by atoms with Gasteiger partial charge in [-0.2, -0.15) is 0 Å². The Morgan fingerprint density at radius 3 is 3.12 bits per heavy atom. The number of carbonyl (C=O) groups excluding carboxylic acids is 1. The van der Waals surface area contributed by atoms with Gasteiger partial charge in [0.2, 0.25) is 5.91 Å². The Labute approximate surface area is 99.6 Å². The molecule has 0 aliphatic carbocycles. The number of rotatable bonds is 3. The Morgan fingerprint density at radius 1 is 1.69 bits per heavy atom. The van der Waals surface area contributed by atoms with E-state index in [0.29, 0.717) is 11.6 Å². The fourth-order valence-corrected chi connectivity index (χ4v) is 1.98. The SMILES string of the molecule is CN1CCC(NCc2ccncc2Cl)C1=O. The van der Waals surface area contributed by atoms with Gasteiger partial charge in [-0.1, -0.05) is 11.6 Å². The van der Waals surface area contributed by atoms with Crippen molar-refractivity contribution >= 4 is 17.5 Å². The third kappa shape index (κ3) is 2.33. The molecule has 16 heavy (non-hydrogen) atoms. The first-order valence-corrected chi connectivity index (χ1v) is 5.63. The number of hydrogen-bond acceptors (Lipinski definition) is 3. The quantitative estimate of drug-likeness (QED) is 0.858. The average Bonchev–Trinajstić information content (AvgIpc) is 2.59. The molecular formula is C11H14ClN3O. The highest BCUT2D eigenvalue weighted by Gasteiger charge is 2.28. The lowest BCUT2D eigenvalue weighted by atomic mass is 10.2. The zero-order valence-electron chi connectivity index (χ0n) is 9.11. The summed E-state index contributed by atoms with van der Waals surface area (Å²) >= 11 is 5.98. The van der Waals surface area contributed by atoms with E-state index in [1.54, 1.807) is 17.3 Å². The molecule has 0 saturated carbocycles. The third-order valence-electron chi connectivity index (χ3n) is 2.82. The standard InChI is InChI=1S/C11H14ClN3O/c1-15-5-3-10(11(15)16)14-6-8-2-4-13-7-9(8)12/h2,4,7,10,14H,3,5-6H2,1H3. The highest BCUT2D eigenvalue weighted by atomic mass is 35.5. The topological polar surface area (TPSA) is 45.2 Å². The van der Waals surface area contributed by atoms with Crippen LogP contribution in [0.25, 0.3) is 0 Å². The summed E-state index contributed by atoms with van der Waals surface area (Å²) in [6, 6.07) is 1.78. The van der Waals surface area contributed by atoms with Crippen LogP contribution in [0.2, 0.25) is 5.02 Å². The number of likely N-dealkylation sites (tertiary alicyclic amines) is 1. The molecule has 2 rings (SSSR count). The molecule has 0 bridgehead atoms. The van der Waals surface area contributed by atoms with Crippen LogP contribution in [0.1, 0.15) is 12.0 Å². The molecule has 0 radical (unpaired) electrons. The lowest BCUT2D eigenvalue weighted by Gasteiger charge is -2.12. The molecule has 4 nitrogen and oxygen atoms in total. The third-order valence-corrected chi connectivity index (χ3v) is 3.16. The number of aromatic nitrogens is 1. The van der Waals surface area contributed by atoms with Gasteiger partial charge >= 0.3 is 0 Å². The van der Waals surface area contributed by atoms with Gasteiger partial charge in [-0.15, -0.1) is 0 Å². The summed E-state index contributed by atoms with van der Waals surface area (Å²) in [6.45, 7) is 1.42. The summed E-state index contributed by atoms with van der Waals surface area (Å²) in [5.74, 6) is 0.158. The van der Waals surface area contributed by atoms with Crippen molar-refractivity contribution in [2.24, 2.45) is 0 Å². The summed E-state index contributed by atoms with van der Waals surface area (Å²) in [5, 5.41) is 3.85. The van der Waals surface area contributed by atoms with Gasteiger partial charge in [-0.05, 0) is 18.1 Å². The largest absolute Gasteiger partial charge is 0.344 e. The lowest BCUT2D eigenvalue weighted by Crippen LogP contribution is -2.36. The molecule has 2 heterocycles. The molecule has 1 aliphatic rings. The maximum Gasteiger partial charge on any atom is 0.239 e. The zero-order valence-corrected chi connectivity index (χ0v) is 9.87. The molecule has 86 valence electrons. The summed E-state index contributed by atoms with van der Waals surface area (Å²) < 4.78 is 0. The number of pyridine rings is 1. The van der Waals surface area contributed by atoms with Gasteiger partial charge < -0.3 is 10.2 Å². The van der Waals surface area contributed by atoms with E-state index in [0.717, 1.165) is 18.5 Å². The van der Waals surface area contributed by atoms with Gasteiger partial charge in [0.25, 0.3) is 0 Å². The average molecular weight is 240 g/mol. The van der Waals surface area contributed by atoms with Crippen molar-refractivity contribution in [3.8, 4) is 0 Å². The number of nitrogens with one attached hydrogen (secondary N) is 1. The van der Waals surface area contributed by atoms with Gasteiger partial charge in [0.1, 0.15) is 0 Å².